The number of ether oxygens (including phenoxy) is 1. The lowest BCUT2D eigenvalue weighted by atomic mass is 10.1. The minimum Gasteiger partial charge on any atom is -0.391 e. The average molecular weight is 278 g/mol. The fourth-order valence-electron chi connectivity index (χ4n) is 2.19. The molecule has 1 aromatic carbocycles. The largest absolute Gasteiger partial charge is 0.391 e. The van der Waals surface area contributed by atoms with E-state index < -0.39 is 0 Å². The summed E-state index contributed by atoms with van der Waals surface area (Å²) in [6.45, 7) is 2.82. The first-order valence-corrected chi connectivity index (χ1v) is 7.03. The van der Waals surface area contributed by atoms with Crippen LogP contribution in [0.5, 0.6) is 0 Å². The predicted molar refractivity (Wildman–Crippen MR) is 76.1 cm³/mol. The number of β-amino-alcohol motifs (C(OH)–C–C–N with tert-alkyl or cyclic N) is 1. The lowest BCUT2D eigenvalue weighted by molar-refractivity contribution is -0.122. The minimum absolute atomic E-state index is 0.0304. The third kappa shape index (κ3) is 4.92. The van der Waals surface area contributed by atoms with E-state index in [-0.39, 0.29) is 17.9 Å². The van der Waals surface area contributed by atoms with Gasteiger partial charge in [0.15, 0.2) is 0 Å². The van der Waals surface area contributed by atoms with E-state index in [0.29, 0.717) is 32.7 Å². The minimum atomic E-state index is -0.357. The number of carbonyl (C=O) groups is 1. The van der Waals surface area contributed by atoms with Gasteiger partial charge >= 0.3 is 0 Å². The van der Waals surface area contributed by atoms with E-state index in [4.69, 9.17) is 4.74 Å². The molecule has 1 heterocycles. The molecule has 0 aromatic heterocycles. The molecule has 0 radical (unpaired) electrons. The molecular weight excluding hydrogens is 256 g/mol. The zero-order chi connectivity index (χ0) is 14.2. The third-order valence-corrected chi connectivity index (χ3v) is 3.45. The highest BCUT2D eigenvalue weighted by molar-refractivity contribution is 5.75. The van der Waals surface area contributed by atoms with Crippen LogP contribution < -0.4 is 10.6 Å². The number of amides is 1. The van der Waals surface area contributed by atoms with Crippen LogP contribution in [0, 0.1) is 5.92 Å². The smallest absolute Gasteiger partial charge is 0.222 e. The molecule has 2 unspecified atom stereocenters. The molecule has 0 aliphatic carbocycles. The molecule has 110 valence electrons. The van der Waals surface area contributed by atoms with Gasteiger partial charge in [-0.05, 0) is 5.56 Å². The maximum atomic E-state index is 11.6. The summed E-state index contributed by atoms with van der Waals surface area (Å²) in [6.07, 6.45) is -0.00655. The molecule has 2 atom stereocenters. The summed E-state index contributed by atoms with van der Waals surface area (Å²) >= 11 is 0. The van der Waals surface area contributed by atoms with Gasteiger partial charge in [0.05, 0.1) is 19.3 Å². The molecule has 3 N–H and O–H groups in total. The predicted octanol–water partition coefficient (Wildman–Crippen LogP) is 0.290. The normalized spacial score (nSPS) is 21.9. The average Bonchev–Trinajstić information content (AvgIpc) is 2.88. The van der Waals surface area contributed by atoms with Gasteiger partial charge < -0.3 is 20.5 Å². The second-order valence-electron chi connectivity index (χ2n) is 5.08. The number of aliphatic hydroxyl groups excluding tert-OH is 1. The van der Waals surface area contributed by atoms with Crippen molar-refractivity contribution < 1.29 is 14.6 Å². The molecule has 0 saturated carbocycles. The molecule has 1 amide bonds. The first-order valence-electron chi connectivity index (χ1n) is 7.03. The van der Waals surface area contributed by atoms with E-state index in [1.165, 1.54) is 0 Å². The molecule has 20 heavy (non-hydrogen) atoms. The molecule has 1 saturated heterocycles. The van der Waals surface area contributed by atoms with Crippen LogP contribution in [0.2, 0.25) is 0 Å². The highest BCUT2D eigenvalue weighted by Gasteiger charge is 2.24. The molecule has 1 aliphatic heterocycles. The molecule has 0 spiro atoms. The van der Waals surface area contributed by atoms with Gasteiger partial charge in [0, 0.05) is 32.0 Å². The number of benzene rings is 1. The van der Waals surface area contributed by atoms with Crippen molar-refractivity contribution in [1.29, 1.82) is 0 Å². The zero-order valence-electron chi connectivity index (χ0n) is 11.5. The van der Waals surface area contributed by atoms with E-state index in [9.17, 15) is 9.90 Å². The maximum absolute atomic E-state index is 11.6. The van der Waals surface area contributed by atoms with Crippen LogP contribution in [0.15, 0.2) is 30.3 Å². The Balaban J connectivity index is 1.54. The van der Waals surface area contributed by atoms with Crippen molar-refractivity contribution in [2.24, 2.45) is 5.92 Å². The Bertz CT molecular complexity index is 411. The topological polar surface area (TPSA) is 70.6 Å². The van der Waals surface area contributed by atoms with E-state index in [1.54, 1.807) is 0 Å². The lowest BCUT2D eigenvalue weighted by Crippen LogP contribution is -2.34. The second-order valence-corrected chi connectivity index (χ2v) is 5.08. The van der Waals surface area contributed by atoms with Crippen molar-refractivity contribution in [3.05, 3.63) is 35.9 Å². The maximum Gasteiger partial charge on any atom is 0.222 e. The van der Waals surface area contributed by atoms with E-state index >= 15 is 0 Å². The summed E-state index contributed by atoms with van der Waals surface area (Å²) in [4.78, 5) is 11.6. The van der Waals surface area contributed by atoms with Gasteiger partial charge in [-0.1, -0.05) is 30.3 Å². The summed E-state index contributed by atoms with van der Waals surface area (Å²) in [6, 6.07) is 9.88. The molecular formula is C15H22N2O3. The van der Waals surface area contributed by atoms with Gasteiger partial charge in [-0.2, -0.15) is 0 Å². The van der Waals surface area contributed by atoms with Gasteiger partial charge in [-0.15, -0.1) is 0 Å². The summed E-state index contributed by atoms with van der Waals surface area (Å²) in [5.41, 5.74) is 1.10. The molecule has 1 fully saturated rings. The fourth-order valence-corrected chi connectivity index (χ4v) is 2.19. The number of hydrogen-bond acceptors (Lipinski definition) is 4. The quantitative estimate of drug-likeness (QED) is 0.627. The molecule has 1 aliphatic rings. The van der Waals surface area contributed by atoms with Crippen LogP contribution in [0.3, 0.4) is 0 Å². The van der Waals surface area contributed by atoms with Crippen molar-refractivity contribution in [3.8, 4) is 0 Å². The zero-order valence-corrected chi connectivity index (χ0v) is 11.5. The van der Waals surface area contributed by atoms with Gasteiger partial charge in [0.1, 0.15) is 0 Å². The van der Waals surface area contributed by atoms with Gasteiger partial charge in [-0.3, -0.25) is 4.79 Å². The molecule has 0 bridgehead atoms. The Labute approximate surface area is 119 Å². The van der Waals surface area contributed by atoms with E-state index in [2.05, 4.69) is 10.6 Å². The third-order valence-electron chi connectivity index (χ3n) is 3.45. The van der Waals surface area contributed by atoms with Crippen LogP contribution in [-0.4, -0.2) is 43.4 Å². The Morgan fingerprint density at radius 1 is 1.35 bits per heavy atom. The first-order chi connectivity index (χ1) is 9.75. The van der Waals surface area contributed by atoms with Crippen LogP contribution in [-0.2, 0) is 16.1 Å². The highest BCUT2D eigenvalue weighted by atomic mass is 16.5. The Hall–Kier alpha value is -1.43. The van der Waals surface area contributed by atoms with Gasteiger partial charge in [0.25, 0.3) is 0 Å². The molecule has 2 rings (SSSR count). The molecule has 5 nitrogen and oxygen atoms in total. The van der Waals surface area contributed by atoms with Gasteiger partial charge in [-0.25, -0.2) is 0 Å². The number of aliphatic hydroxyl groups is 1. The Morgan fingerprint density at radius 2 is 2.15 bits per heavy atom. The van der Waals surface area contributed by atoms with Crippen molar-refractivity contribution in [2.45, 2.75) is 19.1 Å². The number of nitrogens with one attached hydrogen (secondary N) is 2. The van der Waals surface area contributed by atoms with E-state index in [0.717, 1.165) is 12.1 Å². The van der Waals surface area contributed by atoms with Crippen LogP contribution in [0.1, 0.15) is 12.0 Å². The summed E-state index contributed by atoms with van der Waals surface area (Å²) in [5, 5.41) is 15.5. The number of carbonyl (C=O) groups excluding carboxylic acids is 1. The Kier molecular flexibility index (Phi) is 5.98. The second kappa shape index (κ2) is 7.99. The number of hydrogen-bond donors (Lipinski definition) is 3. The molecule has 5 heteroatoms. The van der Waals surface area contributed by atoms with Gasteiger partial charge in [0.2, 0.25) is 5.91 Å². The summed E-state index contributed by atoms with van der Waals surface area (Å²) in [7, 11) is 0. The number of rotatable bonds is 7. The standard InChI is InChI=1S/C15H22N2O3/c18-14-10-16-8-13(14)9-17-15(19)6-7-20-11-12-4-2-1-3-5-12/h1-5,13-14,16,18H,6-11H2,(H,17,19). The SMILES string of the molecule is O=C(CCOCc1ccccc1)NCC1CNCC1O. The first kappa shape index (κ1) is 15.0. The van der Waals surface area contributed by atoms with Crippen molar-refractivity contribution in [2.75, 3.05) is 26.2 Å². The van der Waals surface area contributed by atoms with Crippen molar-refractivity contribution in [1.82, 2.24) is 10.6 Å². The van der Waals surface area contributed by atoms with Crippen LogP contribution in [0.4, 0.5) is 0 Å². The summed E-state index contributed by atoms with van der Waals surface area (Å²) in [5.74, 6) is 0.0846. The summed E-state index contributed by atoms with van der Waals surface area (Å²) < 4.78 is 5.46. The fraction of sp³-hybridized carbons (Fsp3) is 0.533. The Morgan fingerprint density at radius 3 is 2.85 bits per heavy atom. The highest BCUT2D eigenvalue weighted by Crippen LogP contribution is 2.07. The van der Waals surface area contributed by atoms with Crippen LogP contribution in [0.25, 0.3) is 0 Å². The van der Waals surface area contributed by atoms with E-state index in [1.807, 2.05) is 30.3 Å². The van der Waals surface area contributed by atoms with Crippen molar-refractivity contribution in [3.63, 3.8) is 0 Å². The molecule has 1 aromatic rings. The lowest BCUT2D eigenvalue weighted by Gasteiger charge is -2.14. The van der Waals surface area contributed by atoms with Crippen LogP contribution >= 0.6 is 0 Å². The monoisotopic (exact) mass is 278 g/mol. The van der Waals surface area contributed by atoms with Crippen molar-refractivity contribution >= 4 is 5.91 Å².